The molecule has 1 aromatic rings. The first-order valence-corrected chi connectivity index (χ1v) is 3.61. The first kappa shape index (κ1) is 8.89. The molecule has 5 heteroatoms. The standard InChI is InChI=1S/C7H11N3O2/c11-3-6(4-12)10-7-1-2-8-5-9-7/h1-2,5-6,11-12H,3-4H2,(H,8,9,10). The van der Waals surface area contributed by atoms with Gasteiger partial charge in [0.25, 0.3) is 0 Å². The van der Waals surface area contributed by atoms with E-state index in [0.717, 1.165) is 0 Å². The lowest BCUT2D eigenvalue weighted by molar-refractivity contribution is 0.203. The summed E-state index contributed by atoms with van der Waals surface area (Å²) in [5.41, 5.74) is 0. The van der Waals surface area contributed by atoms with Crippen LogP contribution in [0.4, 0.5) is 5.82 Å². The van der Waals surface area contributed by atoms with E-state index in [0.29, 0.717) is 5.82 Å². The molecule has 0 unspecified atom stereocenters. The summed E-state index contributed by atoms with van der Waals surface area (Å²) in [5.74, 6) is 0.595. The van der Waals surface area contributed by atoms with Crippen LogP contribution in [-0.2, 0) is 0 Å². The molecule has 0 spiro atoms. The molecule has 5 nitrogen and oxygen atoms in total. The minimum absolute atomic E-state index is 0.125. The summed E-state index contributed by atoms with van der Waals surface area (Å²) < 4.78 is 0. The Morgan fingerprint density at radius 3 is 2.67 bits per heavy atom. The Morgan fingerprint density at radius 1 is 1.42 bits per heavy atom. The van der Waals surface area contributed by atoms with Crippen molar-refractivity contribution in [3.63, 3.8) is 0 Å². The van der Waals surface area contributed by atoms with Crippen LogP contribution in [0.25, 0.3) is 0 Å². The fourth-order valence-corrected chi connectivity index (χ4v) is 0.734. The summed E-state index contributed by atoms with van der Waals surface area (Å²) >= 11 is 0. The average Bonchev–Trinajstić information content (AvgIpc) is 2.16. The van der Waals surface area contributed by atoms with Crippen LogP contribution in [0.1, 0.15) is 0 Å². The van der Waals surface area contributed by atoms with Crippen molar-refractivity contribution in [2.45, 2.75) is 6.04 Å². The molecule has 1 heterocycles. The van der Waals surface area contributed by atoms with Crippen molar-refractivity contribution in [1.82, 2.24) is 9.97 Å². The molecule has 1 rings (SSSR count). The number of aromatic nitrogens is 2. The maximum absolute atomic E-state index is 8.72. The lowest BCUT2D eigenvalue weighted by atomic mass is 10.3. The summed E-state index contributed by atoms with van der Waals surface area (Å²) in [4.78, 5) is 7.60. The highest BCUT2D eigenvalue weighted by molar-refractivity contribution is 5.32. The van der Waals surface area contributed by atoms with Gasteiger partial charge >= 0.3 is 0 Å². The zero-order valence-electron chi connectivity index (χ0n) is 6.51. The molecule has 0 saturated carbocycles. The van der Waals surface area contributed by atoms with Crippen LogP contribution in [0.2, 0.25) is 0 Å². The third-order valence-corrected chi connectivity index (χ3v) is 1.37. The number of nitrogens with one attached hydrogen (secondary N) is 1. The SMILES string of the molecule is OCC(CO)Nc1ccncn1. The van der Waals surface area contributed by atoms with Gasteiger partial charge in [0.05, 0.1) is 19.3 Å². The summed E-state index contributed by atoms with van der Waals surface area (Å²) in [6.45, 7) is -0.249. The normalized spacial score (nSPS) is 10.2. The number of nitrogens with zero attached hydrogens (tertiary/aromatic N) is 2. The highest BCUT2D eigenvalue weighted by Gasteiger charge is 2.04. The first-order valence-electron chi connectivity index (χ1n) is 3.61. The number of hydrogen-bond donors (Lipinski definition) is 3. The van der Waals surface area contributed by atoms with Crippen LogP contribution in [-0.4, -0.2) is 39.4 Å². The molecular formula is C7H11N3O2. The van der Waals surface area contributed by atoms with Gasteiger partial charge in [0.2, 0.25) is 0 Å². The highest BCUT2D eigenvalue weighted by Crippen LogP contribution is 2.00. The summed E-state index contributed by atoms with van der Waals surface area (Å²) in [7, 11) is 0. The minimum Gasteiger partial charge on any atom is -0.394 e. The summed E-state index contributed by atoms with van der Waals surface area (Å²) in [5, 5.41) is 20.3. The Balaban J connectivity index is 2.51. The van der Waals surface area contributed by atoms with Gasteiger partial charge in [0.1, 0.15) is 12.1 Å². The first-order chi connectivity index (χ1) is 5.86. The molecule has 0 saturated heterocycles. The monoisotopic (exact) mass is 169 g/mol. The van der Waals surface area contributed by atoms with Crippen LogP contribution in [0, 0.1) is 0 Å². The Labute approximate surface area is 70.1 Å². The largest absolute Gasteiger partial charge is 0.394 e. The third-order valence-electron chi connectivity index (χ3n) is 1.37. The van der Waals surface area contributed by atoms with Gasteiger partial charge in [0, 0.05) is 6.20 Å². The molecule has 1 aromatic heterocycles. The maximum Gasteiger partial charge on any atom is 0.129 e. The predicted octanol–water partition coefficient (Wildman–Crippen LogP) is -0.758. The summed E-state index contributed by atoms with van der Waals surface area (Å²) in [6.07, 6.45) is 2.98. The van der Waals surface area contributed by atoms with Gasteiger partial charge in [-0.25, -0.2) is 9.97 Å². The van der Waals surface area contributed by atoms with Crippen molar-refractivity contribution < 1.29 is 10.2 Å². The maximum atomic E-state index is 8.72. The second-order valence-corrected chi connectivity index (χ2v) is 2.30. The van der Waals surface area contributed by atoms with Crippen LogP contribution >= 0.6 is 0 Å². The molecule has 0 radical (unpaired) electrons. The topological polar surface area (TPSA) is 78.3 Å². The number of anilines is 1. The fourth-order valence-electron chi connectivity index (χ4n) is 0.734. The van der Waals surface area contributed by atoms with E-state index in [1.165, 1.54) is 6.33 Å². The van der Waals surface area contributed by atoms with Crippen LogP contribution in [0.15, 0.2) is 18.6 Å². The molecule has 0 fully saturated rings. The van der Waals surface area contributed by atoms with Gasteiger partial charge in [-0.2, -0.15) is 0 Å². The van der Waals surface area contributed by atoms with Gasteiger partial charge < -0.3 is 15.5 Å². The molecule has 0 aliphatic heterocycles. The van der Waals surface area contributed by atoms with Crippen LogP contribution < -0.4 is 5.32 Å². The lowest BCUT2D eigenvalue weighted by Crippen LogP contribution is -2.28. The number of aliphatic hydroxyl groups excluding tert-OH is 2. The molecule has 3 N–H and O–H groups in total. The molecule has 0 atom stereocenters. The smallest absolute Gasteiger partial charge is 0.129 e. The van der Waals surface area contributed by atoms with E-state index in [1.54, 1.807) is 12.3 Å². The van der Waals surface area contributed by atoms with E-state index in [2.05, 4.69) is 15.3 Å². The van der Waals surface area contributed by atoms with Crippen molar-refractivity contribution in [3.05, 3.63) is 18.6 Å². The fraction of sp³-hybridized carbons (Fsp3) is 0.429. The lowest BCUT2D eigenvalue weighted by Gasteiger charge is -2.12. The Bertz CT molecular complexity index is 213. The molecule has 0 amide bonds. The van der Waals surface area contributed by atoms with Crippen LogP contribution in [0.5, 0.6) is 0 Å². The van der Waals surface area contributed by atoms with Gasteiger partial charge in [0.15, 0.2) is 0 Å². The van der Waals surface area contributed by atoms with Crippen molar-refractivity contribution >= 4 is 5.82 Å². The minimum atomic E-state index is -0.361. The summed E-state index contributed by atoms with van der Waals surface area (Å²) in [6, 6.07) is 1.30. The molecule has 66 valence electrons. The van der Waals surface area contributed by atoms with E-state index in [4.69, 9.17) is 10.2 Å². The molecule has 0 aliphatic carbocycles. The Morgan fingerprint density at radius 2 is 2.17 bits per heavy atom. The number of rotatable bonds is 4. The number of hydrogen-bond acceptors (Lipinski definition) is 5. The van der Waals surface area contributed by atoms with E-state index in [9.17, 15) is 0 Å². The van der Waals surface area contributed by atoms with Gasteiger partial charge in [-0.15, -0.1) is 0 Å². The van der Waals surface area contributed by atoms with Crippen molar-refractivity contribution in [1.29, 1.82) is 0 Å². The third kappa shape index (κ3) is 2.44. The Kier molecular flexibility index (Phi) is 3.43. The van der Waals surface area contributed by atoms with E-state index in [1.807, 2.05) is 0 Å². The predicted molar refractivity (Wildman–Crippen MR) is 43.6 cm³/mol. The average molecular weight is 169 g/mol. The molecule has 0 aromatic carbocycles. The van der Waals surface area contributed by atoms with Gasteiger partial charge in [-0.1, -0.05) is 0 Å². The quantitative estimate of drug-likeness (QED) is 0.552. The molecule has 12 heavy (non-hydrogen) atoms. The molecular weight excluding hydrogens is 158 g/mol. The Hall–Kier alpha value is -1.20. The van der Waals surface area contributed by atoms with Crippen molar-refractivity contribution in [2.75, 3.05) is 18.5 Å². The van der Waals surface area contributed by atoms with Gasteiger partial charge in [-0.3, -0.25) is 0 Å². The van der Waals surface area contributed by atoms with Crippen molar-refractivity contribution in [3.8, 4) is 0 Å². The second kappa shape index (κ2) is 4.63. The van der Waals surface area contributed by atoms with E-state index < -0.39 is 0 Å². The highest BCUT2D eigenvalue weighted by atomic mass is 16.3. The molecule has 0 bridgehead atoms. The molecule has 0 aliphatic rings. The van der Waals surface area contributed by atoms with Crippen molar-refractivity contribution in [2.24, 2.45) is 0 Å². The second-order valence-electron chi connectivity index (χ2n) is 2.30. The van der Waals surface area contributed by atoms with Crippen LogP contribution in [0.3, 0.4) is 0 Å². The number of aliphatic hydroxyl groups is 2. The zero-order chi connectivity index (χ0) is 8.81. The van der Waals surface area contributed by atoms with E-state index in [-0.39, 0.29) is 19.3 Å². The van der Waals surface area contributed by atoms with E-state index >= 15 is 0 Å². The zero-order valence-corrected chi connectivity index (χ0v) is 6.51. The van der Waals surface area contributed by atoms with Gasteiger partial charge in [-0.05, 0) is 6.07 Å².